The molecule has 2 rings (SSSR count). The first-order valence-corrected chi connectivity index (χ1v) is 6.48. The van der Waals surface area contributed by atoms with Crippen LogP contribution in [0.3, 0.4) is 0 Å². The standard InChI is InChI=1S/C15H16FNO3/c16-11-7-5-10(6-8-11)9-17-14(18)12-3-1-2-4-13(12)15(19)20/h1-2,5-8,12-13H,3-4,9H2,(H,17,18)(H,19,20)/t12-,13-/m0/s1. The SMILES string of the molecule is O=C(O)[C@H]1CC=CC[C@@H]1C(=O)NCc1ccc(F)cc1. The largest absolute Gasteiger partial charge is 0.481 e. The molecule has 0 heterocycles. The third-order valence-electron chi connectivity index (χ3n) is 3.47. The summed E-state index contributed by atoms with van der Waals surface area (Å²) in [5, 5.41) is 11.8. The summed E-state index contributed by atoms with van der Waals surface area (Å²) in [5.74, 6) is -2.77. The Morgan fingerprint density at radius 2 is 1.75 bits per heavy atom. The Kier molecular flexibility index (Phi) is 4.50. The summed E-state index contributed by atoms with van der Waals surface area (Å²) in [6.45, 7) is 0.270. The van der Waals surface area contributed by atoms with Gasteiger partial charge in [0.25, 0.3) is 0 Å². The van der Waals surface area contributed by atoms with Crippen LogP contribution in [0.2, 0.25) is 0 Å². The lowest BCUT2D eigenvalue weighted by Crippen LogP contribution is -2.38. The molecule has 0 radical (unpaired) electrons. The first kappa shape index (κ1) is 14.2. The fraction of sp³-hybridized carbons (Fsp3) is 0.333. The molecule has 4 nitrogen and oxygen atoms in total. The molecule has 1 aromatic carbocycles. The summed E-state index contributed by atoms with van der Waals surface area (Å²) >= 11 is 0. The van der Waals surface area contributed by atoms with Gasteiger partial charge in [0.15, 0.2) is 0 Å². The van der Waals surface area contributed by atoms with Gasteiger partial charge in [-0.25, -0.2) is 4.39 Å². The number of rotatable bonds is 4. The van der Waals surface area contributed by atoms with E-state index in [1.54, 1.807) is 18.2 Å². The number of hydrogen-bond acceptors (Lipinski definition) is 2. The normalized spacial score (nSPS) is 21.4. The van der Waals surface area contributed by atoms with Crippen LogP contribution in [0.5, 0.6) is 0 Å². The summed E-state index contributed by atoms with van der Waals surface area (Å²) < 4.78 is 12.8. The topological polar surface area (TPSA) is 66.4 Å². The van der Waals surface area contributed by atoms with Crippen molar-refractivity contribution in [2.75, 3.05) is 0 Å². The van der Waals surface area contributed by atoms with Gasteiger partial charge in [-0.3, -0.25) is 9.59 Å². The molecule has 0 unspecified atom stereocenters. The Morgan fingerprint density at radius 3 is 2.35 bits per heavy atom. The molecule has 20 heavy (non-hydrogen) atoms. The molecule has 5 heteroatoms. The maximum atomic E-state index is 12.8. The van der Waals surface area contributed by atoms with Crippen LogP contribution in [0.25, 0.3) is 0 Å². The van der Waals surface area contributed by atoms with E-state index >= 15 is 0 Å². The van der Waals surface area contributed by atoms with E-state index < -0.39 is 17.8 Å². The minimum absolute atomic E-state index is 0.270. The van der Waals surface area contributed by atoms with E-state index in [4.69, 9.17) is 5.11 Å². The summed E-state index contributed by atoms with van der Waals surface area (Å²) in [4.78, 5) is 23.2. The molecule has 0 aromatic heterocycles. The van der Waals surface area contributed by atoms with E-state index in [2.05, 4.69) is 5.32 Å². The molecule has 2 N–H and O–H groups in total. The number of carboxylic acids is 1. The molecule has 1 aromatic rings. The van der Waals surface area contributed by atoms with Gasteiger partial charge in [-0.1, -0.05) is 24.3 Å². The van der Waals surface area contributed by atoms with Crippen molar-refractivity contribution in [1.82, 2.24) is 5.32 Å². The zero-order valence-electron chi connectivity index (χ0n) is 10.9. The lowest BCUT2D eigenvalue weighted by molar-refractivity contribution is -0.147. The zero-order valence-corrected chi connectivity index (χ0v) is 10.9. The lowest BCUT2D eigenvalue weighted by atomic mass is 9.82. The number of halogens is 1. The Balaban J connectivity index is 1.95. The summed E-state index contributed by atoms with van der Waals surface area (Å²) in [6, 6.07) is 5.83. The fourth-order valence-corrected chi connectivity index (χ4v) is 2.30. The molecule has 0 saturated carbocycles. The number of benzene rings is 1. The minimum atomic E-state index is -0.948. The highest BCUT2D eigenvalue weighted by Gasteiger charge is 2.33. The van der Waals surface area contributed by atoms with Crippen LogP contribution in [0, 0.1) is 17.7 Å². The molecule has 1 aliphatic rings. The van der Waals surface area contributed by atoms with Crippen molar-refractivity contribution < 1.29 is 19.1 Å². The van der Waals surface area contributed by atoms with Gasteiger partial charge in [0.2, 0.25) is 5.91 Å². The van der Waals surface area contributed by atoms with Crippen molar-refractivity contribution in [3.05, 3.63) is 47.8 Å². The maximum absolute atomic E-state index is 12.8. The molecule has 0 aliphatic heterocycles. The second kappa shape index (κ2) is 6.32. The highest BCUT2D eigenvalue weighted by Crippen LogP contribution is 2.26. The van der Waals surface area contributed by atoms with Crippen LogP contribution in [0.15, 0.2) is 36.4 Å². The highest BCUT2D eigenvalue weighted by atomic mass is 19.1. The first-order valence-electron chi connectivity index (χ1n) is 6.48. The molecule has 0 bridgehead atoms. The molecule has 0 spiro atoms. The van der Waals surface area contributed by atoms with E-state index in [-0.39, 0.29) is 18.3 Å². The maximum Gasteiger partial charge on any atom is 0.307 e. The number of carbonyl (C=O) groups excluding carboxylic acids is 1. The second-order valence-electron chi connectivity index (χ2n) is 4.84. The Labute approximate surface area is 116 Å². The summed E-state index contributed by atoms with van der Waals surface area (Å²) in [7, 11) is 0. The molecular weight excluding hydrogens is 261 g/mol. The summed E-state index contributed by atoms with van der Waals surface area (Å²) in [6.07, 6.45) is 4.44. The number of carbonyl (C=O) groups is 2. The monoisotopic (exact) mass is 277 g/mol. The van der Waals surface area contributed by atoms with Gasteiger partial charge >= 0.3 is 5.97 Å². The van der Waals surface area contributed by atoms with Gasteiger partial charge in [-0.15, -0.1) is 0 Å². The average Bonchev–Trinajstić information content (AvgIpc) is 2.46. The smallest absolute Gasteiger partial charge is 0.307 e. The first-order chi connectivity index (χ1) is 9.58. The van der Waals surface area contributed by atoms with E-state index in [9.17, 15) is 14.0 Å². The van der Waals surface area contributed by atoms with Gasteiger partial charge < -0.3 is 10.4 Å². The lowest BCUT2D eigenvalue weighted by Gasteiger charge is -2.24. The highest BCUT2D eigenvalue weighted by molar-refractivity contribution is 5.85. The predicted octanol–water partition coefficient (Wildman–Crippen LogP) is 2.11. The molecule has 106 valence electrons. The number of hydrogen-bond donors (Lipinski definition) is 2. The van der Waals surface area contributed by atoms with Gasteiger partial charge in [0.1, 0.15) is 5.82 Å². The minimum Gasteiger partial charge on any atom is -0.481 e. The van der Waals surface area contributed by atoms with Crippen LogP contribution in [0.4, 0.5) is 4.39 Å². The predicted molar refractivity (Wildman–Crippen MR) is 71.2 cm³/mol. The fourth-order valence-electron chi connectivity index (χ4n) is 2.30. The number of carboxylic acid groups (broad SMARTS) is 1. The van der Waals surface area contributed by atoms with Crippen molar-refractivity contribution in [2.45, 2.75) is 19.4 Å². The second-order valence-corrected chi connectivity index (χ2v) is 4.84. The number of allylic oxidation sites excluding steroid dienone is 2. The zero-order chi connectivity index (χ0) is 14.5. The number of nitrogens with one attached hydrogen (secondary N) is 1. The molecule has 1 amide bonds. The third kappa shape index (κ3) is 3.44. The van der Waals surface area contributed by atoms with Gasteiger partial charge in [0, 0.05) is 6.54 Å². The molecule has 0 saturated heterocycles. The van der Waals surface area contributed by atoms with Crippen molar-refractivity contribution in [1.29, 1.82) is 0 Å². The van der Waals surface area contributed by atoms with Gasteiger partial charge in [0.05, 0.1) is 11.8 Å². The summed E-state index contributed by atoms with van der Waals surface area (Å²) in [5.41, 5.74) is 0.776. The van der Waals surface area contributed by atoms with Crippen molar-refractivity contribution in [3.8, 4) is 0 Å². The van der Waals surface area contributed by atoms with E-state index in [1.807, 2.05) is 6.08 Å². The van der Waals surface area contributed by atoms with Gasteiger partial charge in [-0.2, -0.15) is 0 Å². The van der Waals surface area contributed by atoms with Crippen LogP contribution in [-0.2, 0) is 16.1 Å². The quantitative estimate of drug-likeness (QED) is 0.828. The Morgan fingerprint density at radius 1 is 1.15 bits per heavy atom. The van der Waals surface area contributed by atoms with Gasteiger partial charge in [-0.05, 0) is 30.5 Å². The molecule has 2 atom stereocenters. The average molecular weight is 277 g/mol. The third-order valence-corrected chi connectivity index (χ3v) is 3.47. The Hall–Kier alpha value is -2.17. The molecular formula is C15H16FNO3. The molecule has 0 fully saturated rings. The van der Waals surface area contributed by atoms with Crippen LogP contribution in [0.1, 0.15) is 18.4 Å². The van der Waals surface area contributed by atoms with Crippen LogP contribution >= 0.6 is 0 Å². The van der Waals surface area contributed by atoms with Crippen LogP contribution < -0.4 is 5.32 Å². The van der Waals surface area contributed by atoms with E-state index in [0.29, 0.717) is 12.8 Å². The van der Waals surface area contributed by atoms with Crippen LogP contribution in [-0.4, -0.2) is 17.0 Å². The number of amides is 1. The van der Waals surface area contributed by atoms with Crippen molar-refractivity contribution in [3.63, 3.8) is 0 Å². The number of aliphatic carboxylic acids is 1. The van der Waals surface area contributed by atoms with Crippen molar-refractivity contribution in [2.24, 2.45) is 11.8 Å². The van der Waals surface area contributed by atoms with E-state index in [0.717, 1.165) is 5.56 Å². The van der Waals surface area contributed by atoms with Crippen molar-refractivity contribution >= 4 is 11.9 Å². The molecule has 1 aliphatic carbocycles. The van der Waals surface area contributed by atoms with E-state index in [1.165, 1.54) is 12.1 Å². The Bertz CT molecular complexity index is 524.